The number of hydrogen-bond donors (Lipinski definition) is 3. The van der Waals surface area contributed by atoms with Crippen LogP contribution in [0.15, 0.2) is 17.6 Å². The molecule has 0 aromatic carbocycles. The summed E-state index contributed by atoms with van der Waals surface area (Å²) in [7, 11) is 0. The number of amides is 1. The van der Waals surface area contributed by atoms with Gasteiger partial charge in [-0.2, -0.15) is 0 Å². The third-order valence-electron chi connectivity index (χ3n) is 3.04. The number of carbonyl (C=O) groups excluding carboxylic acids is 1. The lowest BCUT2D eigenvalue weighted by Crippen LogP contribution is -2.40. The predicted molar refractivity (Wildman–Crippen MR) is 74.3 cm³/mol. The number of nitrogens with zero attached hydrogens (tertiary/aromatic N) is 1. The van der Waals surface area contributed by atoms with E-state index in [0.717, 1.165) is 12.8 Å². The van der Waals surface area contributed by atoms with Crippen molar-refractivity contribution in [1.29, 1.82) is 0 Å². The normalized spacial score (nSPS) is 17.9. The molecule has 5 nitrogen and oxygen atoms in total. The summed E-state index contributed by atoms with van der Waals surface area (Å²) in [6.45, 7) is 4.06. The predicted octanol–water partition coefficient (Wildman–Crippen LogP) is 0.916. The molecule has 0 aromatic heterocycles. The minimum atomic E-state index is -0.138. The van der Waals surface area contributed by atoms with E-state index >= 15 is 0 Å². The van der Waals surface area contributed by atoms with Crippen molar-refractivity contribution in [3.8, 4) is 0 Å². The van der Waals surface area contributed by atoms with Crippen LogP contribution in [0.4, 0.5) is 0 Å². The molecule has 1 aliphatic rings. The fourth-order valence-corrected chi connectivity index (χ4v) is 2.08. The molecule has 0 saturated heterocycles. The highest BCUT2D eigenvalue weighted by atomic mass is 16.1. The van der Waals surface area contributed by atoms with Gasteiger partial charge in [0.1, 0.15) is 6.54 Å². The van der Waals surface area contributed by atoms with Crippen LogP contribution in [0, 0.1) is 0 Å². The summed E-state index contributed by atoms with van der Waals surface area (Å²) in [6.07, 6.45) is 9.00. The Bertz CT molecular complexity index is 293. The van der Waals surface area contributed by atoms with Gasteiger partial charge in [0.15, 0.2) is 5.96 Å². The largest absolute Gasteiger partial charge is 0.370 e. The average Bonchev–Trinajstić information content (AvgIpc) is 2.62. The highest BCUT2D eigenvalue weighted by Crippen LogP contribution is 2.16. The molecule has 1 amide bonds. The van der Waals surface area contributed by atoms with Crippen LogP contribution in [-0.4, -0.2) is 31.0 Å². The molecule has 18 heavy (non-hydrogen) atoms. The van der Waals surface area contributed by atoms with Gasteiger partial charge in [-0.05, 0) is 12.8 Å². The second-order valence-electron chi connectivity index (χ2n) is 4.63. The second kappa shape index (κ2) is 8.55. The summed E-state index contributed by atoms with van der Waals surface area (Å²) < 4.78 is 0. The van der Waals surface area contributed by atoms with Crippen molar-refractivity contribution >= 4 is 11.9 Å². The zero-order chi connectivity index (χ0) is 13.2. The van der Waals surface area contributed by atoms with Gasteiger partial charge in [0.2, 0.25) is 5.91 Å². The van der Waals surface area contributed by atoms with Crippen LogP contribution in [0.3, 0.4) is 0 Å². The minimum absolute atomic E-state index is 0.0688. The van der Waals surface area contributed by atoms with Gasteiger partial charge in [-0.3, -0.25) is 4.79 Å². The molecule has 0 atom stereocenters. The topological polar surface area (TPSA) is 79.5 Å². The van der Waals surface area contributed by atoms with Crippen molar-refractivity contribution in [3.05, 3.63) is 12.7 Å². The van der Waals surface area contributed by atoms with E-state index in [-0.39, 0.29) is 12.5 Å². The molecule has 1 aliphatic carbocycles. The lowest BCUT2D eigenvalue weighted by atomic mass is 10.1. The molecule has 0 aliphatic heterocycles. The van der Waals surface area contributed by atoms with Crippen molar-refractivity contribution in [1.82, 2.24) is 10.6 Å². The maximum absolute atomic E-state index is 11.3. The fraction of sp³-hybridized carbons (Fsp3) is 0.692. The monoisotopic (exact) mass is 252 g/mol. The van der Waals surface area contributed by atoms with E-state index < -0.39 is 0 Å². The highest BCUT2D eigenvalue weighted by Gasteiger charge is 2.12. The van der Waals surface area contributed by atoms with Gasteiger partial charge in [0.25, 0.3) is 0 Å². The summed E-state index contributed by atoms with van der Waals surface area (Å²) in [5.41, 5.74) is 5.77. The summed E-state index contributed by atoms with van der Waals surface area (Å²) in [5.74, 6) is 0.233. The molecule has 1 fully saturated rings. The standard InChI is InChI=1S/C13H24N4O/c1-2-9-15-12(18)10-16-13(14)17-11-7-5-3-4-6-8-11/h2,11H,1,3-10H2,(H,15,18)(H3,14,16,17). The van der Waals surface area contributed by atoms with Crippen LogP contribution < -0.4 is 16.4 Å². The van der Waals surface area contributed by atoms with E-state index in [0.29, 0.717) is 18.5 Å². The molecule has 1 rings (SSSR count). The Morgan fingerprint density at radius 3 is 2.61 bits per heavy atom. The fourth-order valence-electron chi connectivity index (χ4n) is 2.08. The molecule has 1 saturated carbocycles. The Hall–Kier alpha value is -1.52. The molecule has 0 unspecified atom stereocenters. The summed E-state index contributed by atoms with van der Waals surface area (Å²) in [6, 6.07) is 0.410. The Labute approximate surface area is 109 Å². The second-order valence-corrected chi connectivity index (χ2v) is 4.63. The minimum Gasteiger partial charge on any atom is -0.370 e. The summed E-state index contributed by atoms with van der Waals surface area (Å²) >= 11 is 0. The van der Waals surface area contributed by atoms with Crippen molar-refractivity contribution in [2.45, 2.75) is 44.6 Å². The number of hydrogen-bond acceptors (Lipinski definition) is 2. The van der Waals surface area contributed by atoms with Crippen molar-refractivity contribution in [2.75, 3.05) is 13.1 Å². The Morgan fingerprint density at radius 1 is 1.33 bits per heavy atom. The Balaban J connectivity index is 2.27. The molecular formula is C13H24N4O. The average molecular weight is 252 g/mol. The van der Waals surface area contributed by atoms with E-state index in [1.165, 1.54) is 25.7 Å². The number of nitrogens with two attached hydrogens (primary N) is 1. The number of rotatable bonds is 5. The van der Waals surface area contributed by atoms with Gasteiger partial charge >= 0.3 is 0 Å². The zero-order valence-electron chi connectivity index (χ0n) is 11.0. The summed E-state index contributed by atoms with van der Waals surface area (Å²) in [4.78, 5) is 15.3. The van der Waals surface area contributed by atoms with Crippen LogP contribution in [0.1, 0.15) is 38.5 Å². The SMILES string of the molecule is C=CCNC(=O)CN=C(N)NC1CCCCCC1. The first kappa shape index (κ1) is 14.5. The van der Waals surface area contributed by atoms with E-state index in [4.69, 9.17) is 5.73 Å². The molecule has 0 bridgehead atoms. The van der Waals surface area contributed by atoms with Gasteiger partial charge in [-0.25, -0.2) is 4.99 Å². The summed E-state index contributed by atoms with van der Waals surface area (Å²) in [5, 5.41) is 5.85. The molecule has 102 valence electrons. The molecule has 5 heteroatoms. The third-order valence-corrected chi connectivity index (χ3v) is 3.04. The van der Waals surface area contributed by atoms with Gasteiger partial charge in [-0.1, -0.05) is 31.8 Å². The van der Waals surface area contributed by atoms with Crippen LogP contribution in [0.5, 0.6) is 0 Å². The van der Waals surface area contributed by atoms with Gasteiger partial charge < -0.3 is 16.4 Å². The van der Waals surface area contributed by atoms with Gasteiger partial charge in [0.05, 0.1) is 0 Å². The lowest BCUT2D eigenvalue weighted by molar-refractivity contribution is -0.119. The van der Waals surface area contributed by atoms with Crippen LogP contribution in [0.2, 0.25) is 0 Å². The van der Waals surface area contributed by atoms with Gasteiger partial charge in [-0.15, -0.1) is 6.58 Å². The number of carbonyl (C=O) groups is 1. The Morgan fingerprint density at radius 2 is 2.00 bits per heavy atom. The van der Waals surface area contributed by atoms with Crippen LogP contribution in [-0.2, 0) is 4.79 Å². The van der Waals surface area contributed by atoms with Crippen molar-refractivity contribution in [2.24, 2.45) is 10.7 Å². The maximum Gasteiger partial charge on any atom is 0.242 e. The quantitative estimate of drug-likeness (QED) is 0.294. The number of nitrogens with one attached hydrogen (secondary N) is 2. The van der Waals surface area contributed by atoms with E-state index in [1.54, 1.807) is 6.08 Å². The smallest absolute Gasteiger partial charge is 0.242 e. The first-order valence-corrected chi connectivity index (χ1v) is 6.66. The lowest BCUT2D eigenvalue weighted by Gasteiger charge is -2.16. The van der Waals surface area contributed by atoms with E-state index in [2.05, 4.69) is 22.2 Å². The molecule has 4 N–H and O–H groups in total. The van der Waals surface area contributed by atoms with Crippen LogP contribution in [0.25, 0.3) is 0 Å². The van der Waals surface area contributed by atoms with Gasteiger partial charge in [0, 0.05) is 12.6 Å². The Kier molecular flexibility index (Phi) is 6.91. The third kappa shape index (κ3) is 6.27. The zero-order valence-corrected chi connectivity index (χ0v) is 11.0. The first-order valence-electron chi connectivity index (χ1n) is 6.66. The van der Waals surface area contributed by atoms with Crippen molar-refractivity contribution < 1.29 is 4.79 Å². The number of aliphatic imine (C=N–C) groups is 1. The molecule has 0 spiro atoms. The van der Waals surface area contributed by atoms with Crippen molar-refractivity contribution in [3.63, 3.8) is 0 Å². The van der Waals surface area contributed by atoms with E-state index in [1.807, 2.05) is 0 Å². The highest BCUT2D eigenvalue weighted by molar-refractivity contribution is 5.84. The van der Waals surface area contributed by atoms with Crippen LogP contribution >= 0.6 is 0 Å². The molecular weight excluding hydrogens is 228 g/mol. The first-order chi connectivity index (χ1) is 8.72. The molecule has 0 heterocycles. The molecule has 0 radical (unpaired) electrons. The van der Waals surface area contributed by atoms with E-state index in [9.17, 15) is 4.79 Å². The maximum atomic E-state index is 11.3. The molecule has 0 aromatic rings. The number of guanidine groups is 1.